The number of rotatable bonds is 8. The molecule has 2 aromatic rings. The van der Waals surface area contributed by atoms with E-state index in [-0.39, 0.29) is 12.5 Å². The molecule has 1 amide bonds. The zero-order valence-electron chi connectivity index (χ0n) is 16.5. The van der Waals surface area contributed by atoms with Crippen molar-refractivity contribution in [3.05, 3.63) is 45.9 Å². The van der Waals surface area contributed by atoms with E-state index in [0.717, 1.165) is 29.4 Å². The highest BCUT2D eigenvalue weighted by Crippen LogP contribution is 2.17. The molecule has 1 aromatic carbocycles. The van der Waals surface area contributed by atoms with Crippen molar-refractivity contribution < 1.29 is 4.79 Å². The zero-order valence-corrected chi connectivity index (χ0v) is 17.3. The highest BCUT2D eigenvalue weighted by molar-refractivity contribution is 7.09. The van der Waals surface area contributed by atoms with Gasteiger partial charge in [0.05, 0.1) is 12.2 Å². The van der Waals surface area contributed by atoms with Gasteiger partial charge in [-0.05, 0) is 37.0 Å². The first kappa shape index (κ1) is 20.9. The van der Waals surface area contributed by atoms with Crippen LogP contribution in [0, 0.1) is 0 Å². The molecule has 0 bridgehead atoms. The maximum absolute atomic E-state index is 12.2. The molecular formula is C20H29N5OS. The number of nitrogens with one attached hydrogen (secondary N) is 3. The third-order valence-electron chi connectivity index (χ3n) is 3.91. The summed E-state index contributed by atoms with van der Waals surface area (Å²) in [6, 6.07) is 7.87. The first-order chi connectivity index (χ1) is 13.0. The van der Waals surface area contributed by atoms with Gasteiger partial charge < -0.3 is 16.0 Å². The molecule has 0 saturated carbocycles. The average Bonchev–Trinajstić information content (AvgIpc) is 3.13. The third-order valence-corrected chi connectivity index (χ3v) is 4.78. The minimum Gasteiger partial charge on any atom is -0.357 e. The van der Waals surface area contributed by atoms with Crippen molar-refractivity contribution in [2.24, 2.45) is 4.99 Å². The van der Waals surface area contributed by atoms with Crippen molar-refractivity contribution in [2.75, 3.05) is 18.4 Å². The molecule has 6 nitrogen and oxygen atoms in total. The third kappa shape index (κ3) is 7.02. The summed E-state index contributed by atoms with van der Waals surface area (Å²) >= 11 is 1.63. The summed E-state index contributed by atoms with van der Waals surface area (Å²) in [7, 11) is 0. The number of carbonyl (C=O) groups excluding carboxylic acids is 1. The summed E-state index contributed by atoms with van der Waals surface area (Å²) in [4.78, 5) is 21.2. The summed E-state index contributed by atoms with van der Waals surface area (Å²) in [6.45, 7) is 9.71. The fraction of sp³-hybridized carbons (Fsp3) is 0.450. The average molecular weight is 388 g/mol. The topological polar surface area (TPSA) is 78.4 Å². The number of carbonyl (C=O) groups is 1. The molecule has 27 heavy (non-hydrogen) atoms. The van der Waals surface area contributed by atoms with Crippen LogP contribution in [0.15, 0.2) is 34.6 Å². The molecule has 0 aliphatic heterocycles. The van der Waals surface area contributed by atoms with Gasteiger partial charge in [-0.3, -0.25) is 4.79 Å². The molecule has 0 radical (unpaired) electrons. The summed E-state index contributed by atoms with van der Waals surface area (Å²) in [5.41, 5.74) is 3.10. The number of thiazole rings is 1. The molecule has 7 heteroatoms. The molecule has 0 unspecified atom stereocenters. The van der Waals surface area contributed by atoms with E-state index in [1.54, 1.807) is 11.3 Å². The van der Waals surface area contributed by atoms with Crippen LogP contribution in [0.3, 0.4) is 0 Å². The van der Waals surface area contributed by atoms with E-state index < -0.39 is 0 Å². The minimum absolute atomic E-state index is 0.0563. The van der Waals surface area contributed by atoms with Gasteiger partial charge in [-0.25, -0.2) is 9.98 Å². The molecule has 0 aliphatic carbocycles. The molecule has 1 aromatic heterocycles. The van der Waals surface area contributed by atoms with Gasteiger partial charge in [0.2, 0.25) is 5.91 Å². The van der Waals surface area contributed by atoms with Crippen LogP contribution >= 0.6 is 11.3 Å². The maximum Gasteiger partial charge on any atom is 0.246 e. The van der Waals surface area contributed by atoms with Gasteiger partial charge in [0.1, 0.15) is 11.6 Å². The van der Waals surface area contributed by atoms with E-state index in [9.17, 15) is 4.79 Å². The Labute approximate surface area is 165 Å². The Balaban J connectivity index is 1.90. The molecule has 0 spiro atoms. The van der Waals surface area contributed by atoms with E-state index >= 15 is 0 Å². The van der Waals surface area contributed by atoms with Crippen LogP contribution in [0.5, 0.6) is 0 Å². The van der Waals surface area contributed by atoms with Crippen molar-refractivity contribution in [1.82, 2.24) is 15.6 Å². The molecule has 2 rings (SSSR count). The number of aryl methyl sites for hydroxylation is 1. The number of anilines is 1. The van der Waals surface area contributed by atoms with Crippen molar-refractivity contribution in [3.63, 3.8) is 0 Å². The largest absolute Gasteiger partial charge is 0.357 e. The number of nitrogens with zero attached hydrogens (tertiary/aromatic N) is 2. The van der Waals surface area contributed by atoms with Crippen LogP contribution in [0.25, 0.3) is 0 Å². The van der Waals surface area contributed by atoms with Crippen molar-refractivity contribution in [2.45, 2.75) is 46.6 Å². The highest BCUT2D eigenvalue weighted by atomic mass is 32.1. The lowest BCUT2D eigenvalue weighted by Gasteiger charge is -2.10. The van der Waals surface area contributed by atoms with Gasteiger partial charge in [0.25, 0.3) is 0 Å². The normalized spacial score (nSPS) is 11.5. The first-order valence-electron chi connectivity index (χ1n) is 9.37. The fourth-order valence-corrected chi connectivity index (χ4v) is 3.29. The second kappa shape index (κ2) is 10.7. The van der Waals surface area contributed by atoms with Gasteiger partial charge in [-0.2, -0.15) is 0 Å². The number of hydrogen-bond acceptors (Lipinski definition) is 4. The Morgan fingerprint density at radius 3 is 2.74 bits per heavy atom. The van der Waals surface area contributed by atoms with E-state index in [1.807, 2.05) is 31.2 Å². The summed E-state index contributed by atoms with van der Waals surface area (Å²) in [6.07, 6.45) is 0.936. The van der Waals surface area contributed by atoms with Gasteiger partial charge in [0, 0.05) is 17.6 Å². The van der Waals surface area contributed by atoms with E-state index in [0.29, 0.717) is 18.4 Å². The summed E-state index contributed by atoms with van der Waals surface area (Å²) in [5, 5.41) is 12.4. The second-order valence-electron chi connectivity index (χ2n) is 6.47. The standard InChI is InChI=1S/C20H29N5OS/c1-5-15-8-7-9-16(10-15)24-18(26)11-22-20(21-6-2)23-12-19-25-17(13-27-19)14(3)4/h7-10,13-14H,5-6,11-12H2,1-4H3,(H,24,26)(H2,21,22,23). The number of hydrogen-bond donors (Lipinski definition) is 3. The lowest BCUT2D eigenvalue weighted by Crippen LogP contribution is -2.37. The molecule has 0 saturated heterocycles. The van der Waals surface area contributed by atoms with Gasteiger partial charge in [-0.1, -0.05) is 32.9 Å². The Morgan fingerprint density at radius 1 is 1.26 bits per heavy atom. The van der Waals surface area contributed by atoms with Crippen molar-refractivity contribution in [3.8, 4) is 0 Å². The molecule has 3 N–H and O–H groups in total. The Kier molecular flexibility index (Phi) is 8.26. The number of amides is 1. The Bertz CT molecular complexity index is 769. The van der Waals surface area contributed by atoms with Gasteiger partial charge >= 0.3 is 0 Å². The van der Waals surface area contributed by atoms with Gasteiger partial charge in [0.15, 0.2) is 5.96 Å². The van der Waals surface area contributed by atoms with Crippen LogP contribution in [0.1, 0.15) is 49.9 Å². The zero-order chi connectivity index (χ0) is 19.6. The highest BCUT2D eigenvalue weighted by Gasteiger charge is 2.07. The molecule has 0 aliphatic rings. The monoisotopic (exact) mass is 387 g/mol. The number of guanidine groups is 1. The minimum atomic E-state index is -0.142. The quantitative estimate of drug-likeness (QED) is 0.478. The predicted molar refractivity (Wildman–Crippen MR) is 113 cm³/mol. The van der Waals surface area contributed by atoms with Crippen LogP contribution < -0.4 is 16.0 Å². The van der Waals surface area contributed by atoms with Crippen molar-refractivity contribution >= 4 is 28.9 Å². The van der Waals surface area contributed by atoms with E-state index in [2.05, 4.69) is 52.1 Å². The van der Waals surface area contributed by atoms with E-state index in [1.165, 1.54) is 5.56 Å². The van der Waals surface area contributed by atoms with Crippen LogP contribution in [0.2, 0.25) is 0 Å². The van der Waals surface area contributed by atoms with Crippen LogP contribution in [-0.2, 0) is 17.8 Å². The first-order valence-corrected chi connectivity index (χ1v) is 10.2. The molecule has 146 valence electrons. The van der Waals surface area contributed by atoms with Gasteiger partial charge in [-0.15, -0.1) is 11.3 Å². The van der Waals surface area contributed by atoms with Crippen molar-refractivity contribution in [1.29, 1.82) is 0 Å². The Morgan fingerprint density at radius 2 is 2.07 bits per heavy atom. The second-order valence-corrected chi connectivity index (χ2v) is 7.41. The molecule has 0 atom stereocenters. The number of benzene rings is 1. The lowest BCUT2D eigenvalue weighted by molar-refractivity contribution is -0.114. The number of aliphatic imine (C=N–C) groups is 1. The van der Waals surface area contributed by atoms with Crippen LogP contribution in [0.4, 0.5) is 5.69 Å². The molecule has 0 fully saturated rings. The summed E-state index contributed by atoms with van der Waals surface area (Å²) in [5.74, 6) is 0.889. The lowest BCUT2D eigenvalue weighted by atomic mass is 10.1. The fourth-order valence-electron chi connectivity index (χ4n) is 2.39. The SMILES string of the molecule is CCNC(=NCC(=O)Nc1cccc(CC)c1)NCc1nc(C(C)C)cs1. The molecule has 1 heterocycles. The molecular weight excluding hydrogens is 358 g/mol. The number of aromatic nitrogens is 1. The van der Waals surface area contributed by atoms with E-state index in [4.69, 9.17) is 0 Å². The maximum atomic E-state index is 12.2. The predicted octanol–water partition coefficient (Wildman–Crippen LogP) is 3.52. The summed E-state index contributed by atoms with van der Waals surface area (Å²) < 4.78 is 0. The Hall–Kier alpha value is -2.41. The smallest absolute Gasteiger partial charge is 0.246 e. The van der Waals surface area contributed by atoms with Crippen LogP contribution in [-0.4, -0.2) is 29.9 Å².